The van der Waals surface area contributed by atoms with E-state index in [-0.39, 0.29) is 69.3 Å². The molecule has 20 heavy (non-hydrogen) atoms. The molecule has 2 aromatic carbocycles. The van der Waals surface area contributed by atoms with Gasteiger partial charge < -0.3 is 9.46 Å². The Morgan fingerprint density at radius 1 is 0.750 bits per heavy atom. The SMILES string of the molecule is O=C(c1ccccc1)P(=O)([O-])C(=O)c1ccccc1.[Rb+]. The molecular weight excluding hydrogens is 349 g/mol. The number of carbonyl (C=O) groups is 2. The third-order valence-corrected chi connectivity index (χ3v) is 4.16. The summed E-state index contributed by atoms with van der Waals surface area (Å²) in [5.74, 6) is 0. The molecule has 0 aromatic heterocycles. The predicted molar refractivity (Wildman–Crippen MR) is 69.2 cm³/mol. The van der Waals surface area contributed by atoms with Crippen LogP contribution in [0.2, 0.25) is 0 Å². The molecule has 0 saturated heterocycles. The first-order valence-electron chi connectivity index (χ1n) is 5.54. The fraction of sp³-hybridized carbons (Fsp3) is 0. The predicted octanol–water partition coefficient (Wildman–Crippen LogP) is -0.690. The van der Waals surface area contributed by atoms with Crippen LogP contribution in [0.4, 0.5) is 0 Å². The first kappa shape index (κ1) is 17.8. The van der Waals surface area contributed by atoms with Crippen LogP contribution in [0.5, 0.6) is 0 Å². The van der Waals surface area contributed by atoms with Gasteiger partial charge in [-0.2, -0.15) is 0 Å². The molecule has 0 fully saturated rings. The van der Waals surface area contributed by atoms with Gasteiger partial charge in [0.25, 0.3) is 0 Å². The second-order valence-electron chi connectivity index (χ2n) is 3.89. The summed E-state index contributed by atoms with van der Waals surface area (Å²) in [4.78, 5) is 35.7. The van der Waals surface area contributed by atoms with Crippen LogP contribution in [-0.2, 0) is 4.57 Å². The van der Waals surface area contributed by atoms with Crippen LogP contribution in [0.3, 0.4) is 0 Å². The van der Waals surface area contributed by atoms with Crippen LogP contribution in [0.1, 0.15) is 20.7 Å². The van der Waals surface area contributed by atoms with Gasteiger partial charge >= 0.3 is 58.2 Å². The molecule has 0 spiro atoms. The fourth-order valence-corrected chi connectivity index (χ4v) is 2.76. The Morgan fingerprint density at radius 2 is 1.05 bits per heavy atom. The van der Waals surface area contributed by atoms with E-state index in [9.17, 15) is 19.0 Å². The van der Waals surface area contributed by atoms with Crippen LogP contribution in [-0.4, -0.2) is 11.0 Å². The van der Waals surface area contributed by atoms with Crippen molar-refractivity contribution in [2.75, 3.05) is 0 Å². The van der Waals surface area contributed by atoms with Crippen molar-refractivity contribution >= 4 is 18.4 Å². The van der Waals surface area contributed by atoms with Crippen molar-refractivity contribution in [1.82, 2.24) is 0 Å². The Labute approximate surface area is 165 Å². The average Bonchev–Trinajstić information content (AvgIpc) is 2.47. The first-order chi connectivity index (χ1) is 9.03. The van der Waals surface area contributed by atoms with Crippen LogP contribution in [0.25, 0.3) is 0 Å². The van der Waals surface area contributed by atoms with Crippen molar-refractivity contribution in [2.24, 2.45) is 0 Å². The summed E-state index contributed by atoms with van der Waals surface area (Å²) in [5, 5.41) is 0. The Bertz CT molecular complexity index is 600. The molecule has 0 radical (unpaired) electrons. The van der Waals surface area contributed by atoms with Gasteiger partial charge in [-0.05, 0) is 0 Å². The molecule has 0 aliphatic heterocycles. The molecular formula is C14H10O4PRb. The van der Waals surface area contributed by atoms with Crippen molar-refractivity contribution in [2.45, 2.75) is 0 Å². The third-order valence-electron chi connectivity index (χ3n) is 2.58. The van der Waals surface area contributed by atoms with E-state index >= 15 is 0 Å². The smallest absolute Gasteiger partial charge is 0.788 e. The summed E-state index contributed by atoms with van der Waals surface area (Å²) in [5.41, 5.74) is -2.32. The van der Waals surface area contributed by atoms with Gasteiger partial charge in [0.2, 0.25) is 11.0 Å². The summed E-state index contributed by atoms with van der Waals surface area (Å²) >= 11 is 0. The van der Waals surface area contributed by atoms with E-state index in [0.717, 1.165) is 0 Å². The second kappa shape index (κ2) is 7.69. The van der Waals surface area contributed by atoms with Crippen molar-refractivity contribution in [3.05, 3.63) is 71.8 Å². The maximum atomic E-state index is 12.0. The molecule has 96 valence electrons. The first-order valence-corrected chi connectivity index (χ1v) is 7.17. The Morgan fingerprint density at radius 3 is 1.35 bits per heavy atom. The zero-order valence-electron chi connectivity index (χ0n) is 10.9. The number of hydrogen-bond donors (Lipinski definition) is 0. The van der Waals surface area contributed by atoms with E-state index in [1.807, 2.05) is 0 Å². The number of rotatable bonds is 4. The summed E-state index contributed by atoms with van der Waals surface area (Å²) in [6, 6.07) is 14.9. The second-order valence-corrected chi connectivity index (χ2v) is 5.81. The van der Waals surface area contributed by atoms with Gasteiger partial charge in [0.1, 0.15) is 0 Å². The quantitative estimate of drug-likeness (QED) is 0.678. The molecule has 0 heterocycles. The number of carbonyl (C=O) groups excluding carboxylic acids is 2. The Kier molecular flexibility index (Phi) is 6.85. The molecule has 0 bridgehead atoms. The van der Waals surface area contributed by atoms with E-state index in [1.165, 1.54) is 24.3 Å². The van der Waals surface area contributed by atoms with E-state index in [4.69, 9.17) is 0 Å². The van der Waals surface area contributed by atoms with Gasteiger partial charge in [0.15, 0.2) is 7.37 Å². The van der Waals surface area contributed by atoms with E-state index in [1.54, 1.807) is 36.4 Å². The number of benzene rings is 2. The molecule has 0 N–H and O–H groups in total. The summed E-state index contributed by atoms with van der Waals surface area (Å²) in [6.45, 7) is 0. The molecule has 2 aromatic rings. The van der Waals surface area contributed by atoms with Crippen LogP contribution >= 0.6 is 7.37 Å². The molecule has 0 amide bonds. The molecule has 0 unspecified atom stereocenters. The Hall–Kier alpha value is -0.225. The molecule has 0 atom stereocenters. The summed E-state index contributed by atoms with van der Waals surface area (Å²) in [7, 11) is -4.85. The van der Waals surface area contributed by atoms with Gasteiger partial charge in [0, 0.05) is 11.1 Å². The van der Waals surface area contributed by atoms with Gasteiger partial charge in [-0.3, -0.25) is 9.59 Å². The summed E-state index contributed by atoms with van der Waals surface area (Å²) in [6.07, 6.45) is 0. The zero-order chi connectivity index (χ0) is 13.9. The van der Waals surface area contributed by atoms with E-state index < -0.39 is 18.4 Å². The molecule has 4 nitrogen and oxygen atoms in total. The van der Waals surface area contributed by atoms with Gasteiger partial charge in [-0.1, -0.05) is 60.7 Å². The summed E-state index contributed by atoms with van der Waals surface area (Å²) < 4.78 is 12.0. The van der Waals surface area contributed by atoms with Crippen LogP contribution in [0, 0.1) is 0 Å². The monoisotopic (exact) mass is 358 g/mol. The van der Waals surface area contributed by atoms with Gasteiger partial charge in [-0.25, -0.2) is 0 Å². The fourth-order valence-electron chi connectivity index (χ4n) is 1.59. The topological polar surface area (TPSA) is 74.3 Å². The van der Waals surface area contributed by atoms with Crippen molar-refractivity contribution in [1.29, 1.82) is 0 Å². The number of hydrogen-bond acceptors (Lipinski definition) is 4. The van der Waals surface area contributed by atoms with Crippen LogP contribution < -0.4 is 63.1 Å². The van der Waals surface area contributed by atoms with Gasteiger partial charge in [0.05, 0.1) is 0 Å². The van der Waals surface area contributed by atoms with E-state index in [2.05, 4.69) is 0 Å². The third kappa shape index (κ3) is 3.91. The normalized spacial score (nSPS) is 10.4. The molecule has 0 saturated carbocycles. The van der Waals surface area contributed by atoms with Crippen molar-refractivity contribution in [3.8, 4) is 0 Å². The zero-order valence-corrected chi connectivity index (χ0v) is 16.7. The Balaban J connectivity index is 0.00000200. The maximum absolute atomic E-state index is 12.0. The molecule has 2 rings (SSSR count). The van der Waals surface area contributed by atoms with Crippen LogP contribution in [0.15, 0.2) is 60.7 Å². The minimum Gasteiger partial charge on any atom is -0.788 e. The maximum Gasteiger partial charge on any atom is 1.00 e. The molecule has 6 heteroatoms. The average molecular weight is 359 g/mol. The standard InChI is InChI=1S/C14H11O4P.Rb/c15-13(11-7-3-1-4-8-11)19(17,18)14(16)12-9-5-2-6-10-12;/h1-10H,(H,17,18);/q;+1/p-1. The molecule has 0 aliphatic carbocycles. The van der Waals surface area contributed by atoms with E-state index in [0.29, 0.717) is 0 Å². The van der Waals surface area contributed by atoms with Crippen molar-refractivity contribution in [3.63, 3.8) is 0 Å². The minimum atomic E-state index is -4.85. The largest absolute Gasteiger partial charge is 1.00 e. The van der Waals surface area contributed by atoms with Gasteiger partial charge in [-0.15, -0.1) is 0 Å². The molecule has 0 aliphatic rings. The minimum absolute atomic E-state index is 0. The van der Waals surface area contributed by atoms with Crippen molar-refractivity contribution < 1.29 is 77.2 Å².